The predicted octanol–water partition coefficient (Wildman–Crippen LogP) is 5.05. The molecule has 0 radical (unpaired) electrons. The van der Waals surface area contributed by atoms with Crippen molar-refractivity contribution in [2.24, 2.45) is 17.8 Å². The average molecular weight is 758 g/mol. The van der Waals surface area contributed by atoms with Crippen LogP contribution in [0.5, 0.6) is 11.5 Å². The number of hydrogen-bond donors (Lipinski definition) is 1. The van der Waals surface area contributed by atoms with E-state index in [0.717, 1.165) is 4.90 Å². The Kier molecular flexibility index (Phi) is 7.28. The molecule has 4 aliphatic rings. The van der Waals surface area contributed by atoms with E-state index >= 15 is 0 Å². The predicted molar refractivity (Wildman–Crippen MR) is 150 cm³/mol. The maximum atomic E-state index is 13.9. The van der Waals surface area contributed by atoms with Crippen molar-refractivity contribution in [2.45, 2.75) is 41.9 Å². The number of alkyl halides is 3. The van der Waals surface area contributed by atoms with Crippen LogP contribution in [0.4, 0.5) is 0 Å². The zero-order valence-electron chi connectivity index (χ0n) is 20.3. The van der Waals surface area contributed by atoms with Gasteiger partial charge in [-0.15, -0.1) is 23.2 Å². The number of fused-ring (bicyclic) bond motifs is 4. The summed E-state index contributed by atoms with van der Waals surface area (Å²) in [5.41, 5.74) is 0.998. The van der Waals surface area contributed by atoms with Crippen LogP contribution in [-0.2, 0) is 19.2 Å². The Bertz CT molecular complexity index is 1320. The number of aromatic hydroxyl groups is 1. The van der Waals surface area contributed by atoms with Gasteiger partial charge < -0.3 is 9.84 Å². The highest BCUT2D eigenvalue weighted by atomic mass is 79.9. The quantitative estimate of drug-likeness (QED) is 0.195. The van der Waals surface area contributed by atoms with E-state index in [1.807, 2.05) is 13.0 Å². The summed E-state index contributed by atoms with van der Waals surface area (Å²) in [5, 5.41) is 10.6. The number of methoxy groups -OCH3 is 1. The molecule has 38 heavy (non-hydrogen) atoms. The molecule has 0 aromatic heterocycles. The molecule has 13 heteroatoms. The fourth-order valence-electron chi connectivity index (χ4n) is 6.59. The van der Waals surface area contributed by atoms with Crippen molar-refractivity contribution in [3.63, 3.8) is 0 Å². The van der Waals surface area contributed by atoms with Gasteiger partial charge in [-0.2, -0.15) is 0 Å². The molecular weight excluding hydrogens is 735 g/mol. The third-order valence-electron chi connectivity index (χ3n) is 8.26. The van der Waals surface area contributed by atoms with E-state index in [1.165, 1.54) is 12.0 Å². The van der Waals surface area contributed by atoms with E-state index < -0.39 is 45.2 Å². The summed E-state index contributed by atoms with van der Waals surface area (Å²) >= 11 is 24.6. The fourth-order valence-corrected chi connectivity index (χ4v) is 8.96. The van der Waals surface area contributed by atoms with Crippen LogP contribution in [0.1, 0.15) is 37.7 Å². The molecule has 1 aromatic carbocycles. The van der Waals surface area contributed by atoms with Crippen molar-refractivity contribution in [3.8, 4) is 11.5 Å². The van der Waals surface area contributed by atoms with Gasteiger partial charge in [0.05, 0.1) is 28.9 Å². The molecule has 2 aliphatic heterocycles. The molecule has 6 atom stereocenters. The van der Waals surface area contributed by atoms with E-state index in [1.54, 1.807) is 6.07 Å². The van der Waals surface area contributed by atoms with Gasteiger partial charge in [-0.3, -0.25) is 29.0 Å². The average Bonchev–Trinajstić information content (AvgIpc) is 3.22. The van der Waals surface area contributed by atoms with E-state index in [2.05, 4.69) is 47.8 Å². The van der Waals surface area contributed by atoms with Gasteiger partial charge in [-0.1, -0.05) is 34.5 Å². The van der Waals surface area contributed by atoms with Crippen LogP contribution in [-0.4, -0.2) is 67.4 Å². The summed E-state index contributed by atoms with van der Waals surface area (Å²) in [4.78, 5) is 52.8. The van der Waals surface area contributed by atoms with Gasteiger partial charge >= 0.3 is 0 Å². The van der Waals surface area contributed by atoms with Crippen molar-refractivity contribution in [2.75, 3.05) is 19.1 Å². The third kappa shape index (κ3) is 3.50. The first-order valence-corrected chi connectivity index (χ1v) is 15.5. The van der Waals surface area contributed by atoms with Crippen LogP contribution in [0.2, 0.25) is 0 Å². The smallest absolute Gasteiger partial charge is 0.254 e. The van der Waals surface area contributed by atoms with Crippen LogP contribution >= 0.6 is 71.0 Å². The lowest BCUT2D eigenvalue weighted by Crippen LogP contribution is -2.60. The van der Waals surface area contributed by atoms with Crippen molar-refractivity contribution in [1.29, 1.82) is 0 Å². The van der Waals surface area contributed by atoms with Crippen molar-refractivity contribution in [1.82, 2.24) is 9.80 Å². The minimum atomic E-state index is -1.95. The Morgan fingerprint density at radius 2 is 1.76 bits per heavy atom. The Morgan fingerprint density at radius 3 is 2.37 bits per heavy atom. The van der Waals surface area contributed by atoms with Crippen LogP contribution in [0.25, 0.3) is 0 Å². The van der Waals surface area contributed by atoms with Gasteiger partial charge in [0.25, 0.3) is 11.8 Å². The monoisotopic (exact) mass is 754 g/mol. The van der Waals surface area contributed by atoms with Crippen molar-refractivity contribution < 1.29 is 29.0 Å². The topological polar surface area (TPSA) is 104 Å². The summed E-state index contributed by atoms with van der Waals surface area (Å²) in [5.74, 6) is -4.80. The number of phenolic OH excluding ortho intramolecular Hbond substituents is 1. The molecule has 0 spiro atoms. The van der Waals surface area contributed by atoms with Gasteiger partial charge in [0.15, 0.2) is 21.2 Å². The molecule has 1 aromatic rings. The van der Waals surface area contributed by atoms with Crippen LogP contribution in [0.3, 0.4) is 0 Å². The van der Waals surface area contributed by atoms with Gasteiger partial charge in [-0.05, 0) is 68.7 Å². The Hall–Kier alpha value is -1.14. The second-order valence-corrected chi connectivity index (χ2v) is 13.3. The van der Waals surface area contributed by atoms with E-state index in [9.17, 15) is 24.3 Å². The van der Waals surface area contributed by atoms with Crippen LogP contribution < -0.4 is 4.74 Å². The lowest BCUT2D eigenvalue weighted by Gasteiger charge is -2.51. The maximum Gasteiger partial charge on any atom is 0.254 e. The van der Waals surface area contributed by atoms with Crippen molar-refractivity contribution in [3.05, 3.63) is 32.2 Å². The van der Waals surface area contributed by atoms with Gasteiger partial charge in [0, 0.05) is 16.9 Å². The highest BCUT2D eigenvalue weighted by molar-refractivity contribution is 9.13. The molecule has 204 valence electrons. The lowest BCUT2D eigenvalue weighted by atomic mass is 9.56. The summed E-state index contributed by atoms with van der Waals surface area (Å²) in [6, 6.07) is 1.55. The van der Waals surface area contributed by atoms with Gasteiger partial charge in [-0.25, -0.2) is 0 Å². The summed E-state index contributed by atoms with van der Waals surface area (Å²) in [6.45, 7) is 2.20. The number of hydrogen-bond acceptors (Lipinski definition) is 6. The third-order valence-corrected chi connectivity index (χ3v) is 12.3. The Balaban J connectivity index is 1.78. The molecule has 0 bridgehead atoms. The standard InChI is InChI=1S/C25H23Br3Cl2N2O6/c1-3-6-31-20(34)11-5-4-10-13(15(11)21(31)35)8-24(29)22(36)32(9-26)23(37)25(24,30)16(10)12-7-14(38-2)19(33)18(28)17(12)27/h4,7,11,13,15-16,33H,3,5-6,8-9H2,1-2H3. The molecule has 1 saturated carbocycles. The second-order valence-electron chi connectivity index (χ2n) is 9.96. The first-order valence-electron chi connectivity index (χ1n) is 12.0. The van der Waals surface area contributed by atoms with Crippen LogP contribution in [0.15, 0.2) is 26.7 Å². The summed E-state index contributed by atoms with van der Waals surface area (Å²) in [7, 11) is 1.39. The first kappa shape index (κ1) is 28.4. The lowest BCUT2D eigenvalue weighted by molar-refractivity contribution is -0.141. The largest absolute Gasteiger partial charge is 0.503 e. The van der Waals surface area contributed by atoms with Gasteiger partial charge in [0.2, 0.25) is 11.8 Å². The SMILES string of the molecule is CCCN1C(=O)C2CC=C3C(CC4(Cl)C(=O)N(CBr)C(=O)C4(Cl)C3c3cc(OC)c(O)c(Br)c3Br)C2C1=O. The summed E-state index contributed by atoms with van der Waals surface area (Å²) in [6.07, 6.45) is 2.70. The molecule has 4 amide bonds. The number of carbonyl (C=O) groups excluding carboxylic acids is 4. The van der Waals surface area contributed by atoms with E-state index in [4.69, 9.17) is 27.9 Å². The number of phenols is 1. The number of amides is 4. The normalized spacial score (nSPS) is 34.3. The molecule has 5 rings (SSSR count). The Labute approximate surface area is 254 Å². The highest BCUT2D eigenvalue weighted by Crippen LogP contribution is 2.66. The number of nitrogens with zero attached hydrogens (tertiary/aromatic N) is 2. The minimum absolute atomic E-state index is 0.0807. The highest BCUT2D eigenvalue weighted by Gasteiger charge is 2.76. The Morgan fingerprint density at radius 1 is 1.08 bits per heavy atom. The molecule has 8 nitrogen and oxygen atoms in total. The first-order chi connectivity index (χ1) is 17.9. The fraction of sp³-hybridized carbons (Fsp3) is 0.520. The zero-order valence-corrected chi connectivity index (χ0v) is 26.5. The molecule has 1 N–H and O–H groups in total. The maximum absolute atomic E-state index is 13.9. The number of halogens is 5. The molecule has 2 saturated heterocycles. The molecular formula is C25H23Br3Cl2N2O6. The van der Waals surface area contributed by atoms with E-state index in [-0.39, 0.29) is 39.7 Å². The number of imide groups is 2. The molecule has 2 heterocycles. The number of rotatable bonds is 5. The van der Waals surface area contributed by atoms with E-state index in [0.29, 0.717) is 35.0 Å². The number of ether oxygens (including phenoxy) is 1. The summed E-state index contributed by atoms with van der Waals surface area (Å²) < 4.78 is 6.03. The number of carbonyl (C=O) groups is 4. The van der Waals surface area contributed by atoms with Crippen LogP contribution in [0, 0.1) is 17.8 Å². The minimum Gasteiger partial charge on any atom is -0.503 e. The molecule has 2 aliphatic carbocycles. The zero-order chi connectivity index (χ0) is 27.9. The van der Waals surface area contributed by atoms with Crippen molar-refractivity contribution >= 4 is 94.6 Å². The molecule has 6 unspecified atom stereocenters. The second kappa shape index (κ2) is 9.75. The number of benzene rings is 1. The molecule has 3 fully saturated rings. The van der Waals surface area contributed by atoms with Gasteiger partial charge in [0.1, 0.15) is 0 Å². The number of allylic oxidation sites excluding steroid dienone is 2. The number of likely N-dealkylation sites (tertiary alicyclic amines) is 2.